The first-order chi connectivity index (χ1) is 10.4. The van der Waals surface area contributed by atoms with E-state index in [1.807, 2.05) is 0 Å². The predicted molar refractivity (Wildman–Crippen MR) is 83.2 cm³/mol. The number of nitrogens with one attached hydrogen (secondary N) is 2. The molecule has 6 heteroatoms. The topological polar surface area (TPSA) is 95.9 Å². The predicted octanol–water partition coefficient (Wildman–Crippen LogP) is 1.93. The monoisotopic (exact) mass is 304 g/mol. The van der Waals surface area contributed by atoms with Gasteiger partial charge in [0.15, 0.2) is 0 Å². The van der Waals surface area contributed by atoms with Crippen LogP contribution in [0.3, 0.4) is 0 Å². The first kappa shape index (κ1) is 14.8. The second kappa shape index (κ2) is 5.26. The molecule has 1 fully saturated rings. The van der Waals surface area contributed by atoms with E-state index in [4.69, 9.17) is 4.42 Å². The Morgan fingerprint density at radius 2 is 1.95 bits per heavy atom. The molecule has 22 heavy (non-hydrogen) atoms. The van der Waals surface area contributed by atoms with Crippen LogP contribution in [0.2, 0.25) is 0 Å². The van der Waals surface area contributed by atoms with Crippen molar-refractivity contribution in [1.82, 2.24) is 9.97 Å². The molecule has 2 N–H and O–H groups in total. The lowest BCUT2D eigenvalue weighted by atomic mass is 9.86. The maximum atomic E-state index is 12.0. The van der Waals surface area contributed by atoms with Crippen LogP contribution in [0.1, 0.15) is 45.1 Å². The number of aromatic amines is 2. The molecule has 2 aromatic rings. The van der Waals surface area contributed by atoms with E-state index in [2.05, 4.69) is 23.8 Å². The highest BCUT2D eigenvalue weighted by atomic mass is 16.4. The fourth-order valence-corrected chi connectivity index (χ4v) is 3.28. The van der Waals surface area contributed by atoms with Crippen molar-refractivity contribution in [3.8, 4) is 0 Å². The van der Waals surface area contributed by atoms with Crippen molar-refractivity contribution < 1.29 is 4.42 Å². The Morgan fingerprint density at radius 1 is 1.23 bits per heavy atom. The first-order valence-corrected chi connectivity index (χ1v) is 7.71. The molecular formula is C16H20N2O4. The standard InChI is InChI=1S/C16H20N2O4/c1-9(2)16(6-7-16)5-3-4-10-8-11(19)22-14-12(10)13(20)17-15(21)18-14/h8-9H,3-7H2,1-2H3,(H2,17,18,20,21). The molecule has 0 atom stereocenters. The fraction of sp³-hybridized carbons (Fsp3) is 0.562. The minimum Gasteiger partial charge on any atom is -0.405 e. The Morgan fingerprint density at radius 3 is 2.59 bits per heavy atom. The number of hydrogen-bond acceptors (Lipinski definition) is 4. The minimum atomic E-state index is -0.672. The van der Waals surface area contributed by atoms with Crippen molar-refractivity contribution in [2.24, 2.45) is 11.3 Å². The molecule has 2 heterocycles. The maximum absolute atomic E-state index is 12.0. The summed E-state index contributed by atoms with van der Waals surface area (Å²) in [4.78, 5) is 39.4. The summed E-state index contributed by atoms with van der Waals surface area (Å²) < 4.78 is 4.93. The van der Waals surface area contributed by atoms with Gasteiger partial charge in [0.1, 0.15) is 5.39 Å². The summed E-state index contributed by atoms with van der Waals surface area (Å²) in [6.45, 7) is 4.49. The average molecular weight is 304 g/mol. The third-order valence-electron chi connectivity index (χ3n) is 4.96. The van der Waals surface area contributed by atoms with Crippen molar-refractivity contribution in [1.29, 1.82) is 0 Å². The van der Waals surface area contributed by atoms with E-state index in [9.17, 15) is 14.4 Å². The highest BCUT2D eigenvalue weighted by Crippen LogP contribution is 2.55. The van der Waals surface area contributed by atoms with E-state index < -0.39 is 16.9 Å². The van der Waals surface area contributed by atoms with Crippen LogP contribution in [0, 0.1) is 11.3 Å². The molecule has 1 saturated carbocycles. The lowest BCUT2D eigenvalue weighted by Gasteiger charge is -2.19. The normalized spacial score (nSPS) is 16.3. The zero-order chi connectivity index (χ0) is 15.9. The van der Waals surface area contributed by atoms with Crippen LogP contribution < -0.4 is 16.9 Å². The molecular weight excluding hydrogens is 284 g/mol. The van der Waals surface area contributed by atoms with Gasteiger partial charge in [-0.05, 0) is 49.0 Å². The molecule has 0 bridgehead atoms. The summed E-state index contributed by atoms with van der Waals surface area (Å²) in [5, 5.41) is 0.272. The molecule has 1 aliphatic rings. The molecule has 1 aliphatic carbocycles. The summed E-state index contributed by atoms with van der Waals surface area (Å²) in [5.74, 6) is 0.657. The van der Waals surface area contributed by atoms with Gasteiger partial charge in [-0.1, -0.05) is 13.8 Å². The van der Waals surface area contributed by atoms with Crippen LogP contribution >= 0.6 is 0 Å². The summed E-state index contributed by atoms with van der Waals surface area (Å²) in [7, 11) is 0. The number of rotatable bonds is 5. The zero-order valence-electron chi connectivity index (χ0n) is 12.8. The molecule has 0 saturated heterocycles. The number of aromatic nitrogens is 2. The van der Waals surface area contributed by atoms with Gasteiger partial charge in [0.2, 0.25) is 5.71 Å². The van der Waals surface area contributed by atoms with Gasteiger partial charge in [-0.15, -0.1) is 0 Å². The molecule has 3 rings (SSSR count). The van der Waals surface area contributed by atoms with Gasteiger partial charge in [0.05, 0.1) is 0 Å². The van der Waals surface area contributed by atoms with Crippen LogP contribution in [0.5, 0.6) is 0 Å². The van der Waals surface area contributed by atoms with Crippen LogP contribution in [0.15, 0.2) is 24.9 Å². The Kier molecular flexibility index (Phi) is 3.54. The molecule has 0 radical (unpaired) electrons. The fourth-order valence-electron chi connectivity index (χ4n) is 3.28. The van der Waals surface area contributed by atoms with Gasteiger partial charge >= 0.3 is 11.3 Å². The largest absolute Gasteiger partial charge is 0.405 e. The maximum Gasteiger partial charge on any atom is 0.337 e. The number of fused-ring (bicyclic) bond motifs is 1. The second-order valence-electron chi connectivity index (χ2n) is 6.57. The van der Waals surface area contributed by atoms with Gasteiger partial charge in [-0.25, -0.2) is 9.59 Å². The molecule has 0 aliphatic heterocycles. The Balaban J connectivity index is 1.89. The van der Waals surface area contributed by atoms with Gasteiger partial charge in [-0.2, -0.15) is 0 Å². The molecule has 118 valence electrons. The van der Waals surface area contributed by atoms with Crippen LogP contribution in [-0.2, 0) is 6.42 Å². The number of aryl methyl sites for hydroxylation is 1. The number of H-pyrrole nitrogens is 2. The Hall–Kier alpha value is -2.11. The van der Waals surface area contributed by atoms with Crippen molar-refractivity contribution >= 4 is 11.1 Å². The van der Waals surface area contributed by atoms with Crippen LogP contribution in [0.4, 0.5) is 0 Å². The molecule has 6 nitrogen and oxygen atoms in total. The summed E-state index contributed by atoms with van der Waals surface area (Å²) >= 11 is 0. The quantitative estimate of drug-likeness (QED) is 0.882. The number of hydrogen-bond donors (Lipinski definition) is 2. The van der Waals surface area contributed by atoms with Crippen LogP contribution in [0.25, 0.3) is 11.1 Å². The first-order valence-electron chi connectivity index (χ1n) is 7.71. The van der Waals surface area contributed by atoms with Crippen molar-refractivity contribution in [2.75, 3.05) is 0 Å². The molecule has 0 unspecified atom stereocenters. The van der Waals surface area contributed by atoms with Gasteiger partial charge < -0.3 is 4.42 Å². The lowest BCUT2D eigenvalue weighted by molar-refractivity contribution is 0.325. The summed E-state index contributed by atoms with van der Waals surface area (Å²) in [6.07, 6.45) is 5.15. The third kappa shape index (κ3) is 2.65. The van der Waals surface area contributed by atoms with E-state index in [0.717, 1.165) is 12.8 Å². The Labute approximate surface area is 126 Å². The highest BCUT2D eigenvalue weighted by molar-refractivity contribution is 5.75. The molecule has 2 aromatic heterocycles. The van der Waals surface area contributed by atoms with E-state index in [0.29, 0.717) is 23.3 Å². The third-order valence-corrected chi connectivity index (χ3v) is 4.96. The van der Waals surface area contributed by atoms with E-state index in [-0.39, 0.29) is 11.1 Å². The van der Waals surface area contributed by atoms with E-state index >= 15 is 0 Å². The van der Waals surface area contributed by atoms with Crippen molar-refractivity contribution in [2.45, 2.75) is 46.0 Å². The smallest absolute Gasteiger partial charge is 0.337 e. The zero-order valence-corrected chi connectivity index (χ0v) is 12.8. The van der Waals surface area contributed by atoms with Crippen LogP contribution in [-0.4, -0.2) is 9.97 Å². The Bertz CT molecular complexity index is 863. The van der Waals surface area contributed by atoms with Gasteiger partial charge in [0, 0.05) is 6.07 Å². The average Bonchev–Trinajstić information content (AvgIpc) is 3.18. The lowest BCUT2D eigenvalue weighted by Crippen LogP contribution is -2.24. The molecule has 0 aromatic carbocycles. The molecule has 0 spiro atoms. The second-order valence-corrected chi connectivity index (χ2v) is 6.57. The van der Waals surface area contributed by atoms with Crippen molar-refractivity contribution in [3.63, 3.8) is 0 Å². The van der Waals surface area contributed by atoms with E-state index in [1.165, 1.54) is 18.9 Å². The summed E-state index contributed by atoms with van der Waals surface area (Å²) in [5.41, 5.74) is -0.689. The minimum absolute atomic E-state index is 0.0405. The van der Waals surface area contributed by atoms with Gasteiger partial charge in [0.25, 0.3) is 5.56 Å². The van der Waals surface area contributed by atoms with E-state index in [1.54, 1.807) is 0 Å². The molecule has 0 amide bonds. The van der Waals surface area contributed by atoms with Gasteiger partial charge in [-0.3, -0.25) is 14.8 Å². The SMILES string of the molecule is CC(C)C1(CCCc2cc(=O)oc3[nH]c(=O)[nH]c(=O)c23)CC1. The highest BCUT2D eigenvalue weighted by Gasteiger charge is 2.44. The van der Waals surface area contributed by atoms with Crippen molar-refractivity contribution in [3.05, 3.63) is 42.9 Å². The summed E-state index contributed by atoms with van der Waals surface area (Å²) in [6, 6.07) is 1.35.